The van der Waals surface area contributed by atoms with Gasteiger partial charge in [-0.15, -0.1) is 0 Å². The number of hydrazine groups is 1. The van der Waals surface area contributed by atoms with Gasteiger partial charge in [0.1, 0.15) is 11.9 Å². The van der Waals surface area contributed by atoms with Crippen molar-refractivity contribution in [3.05, 3.63) is 11.6 Å². The van der Waals surface area contributed by atoms with Crippen LogP contribution in [0.25, 0.3) is 0 Å². The molecule has 0 aliphatic heterocycles. The molecule has 17 heavy (non-hydrogen) atoms. The molecule has 0 spiro atoms. The Morgan fingerprint density at radius 1 is 1.41 bits per heavy atom. The van der Waals surface area contributed by atoms with Gasteiger partial charge in [0, 0.05) is 12.8 Å². The third-order valence-corrected chi connectivity index (χ3v) is 2.68. The highest BCUT2D eigenvalue weighted by atomic mass is 16.2. The first-order valence-electron chi connectivity index (χ1n) is 6.12. The highest BCUT2D eigenvalue weighted by Crippen LogP contribution is 2.16. The molecule has 1 aromatic rings. The molecular weight excluding hydrogens is 218 g/mol. The largest absolute Gasteiger partial charge is 0.292 e. The van der Waals surface area contributed by atoms with Crippen molar-refractivity contribution in [1.29, 1.82) is 0 Å². The molecule has 0 bridgehead atoms. The summed E-state index contributed by atoms with van der Waals surface area (Å²) in [6.07, 6.45) is 3.12. The van der Waals surface area contributed by atoms with Crippen LogP contribution >= 0.6 is 0 Å². The zero-order valence-electron chi connectivity index (χ0n) is 10.7. The molecule has 0 radical (unpaired) electrons. The number of hydrogen-bond donors (Lipinski definition) is 2. The lowest BCUT2D eigenvalue weighted by Gasteiger charge is -2.16. The molecule has 1 unspecified atom stereocenters. The lowest BCUT2D eigenvalue weighted by Crippen LogP contribution is -2.38. The second-order valence-electron chi connectivity index (χ2n) is 3.91. The van der Waals surface area contributed by atoms with E-state index >= 15 is 0 Å². The van der Waals surface area contributed by atoms with E-state index in [1.807, 2.05) is 20.8 Å². The van der Waals surface area contributed by atoms with Gasteiger partial charge in [0.25, 0.3) is 5.91 Å². The Morgan fingerprint density at radius 3 is 2.59 bits per heavy atom. The van der Waals surface area contributed by atoms with E-state index in [1.165, 1.54) is 0 Å². The Morgan fingerprint density at radius 2 is 2.12 bits per heavy atom. The topological polar surface area (TPSA) is 85.8 Å². The summed E-state index contributed by atoms with van der Waals surface area (Å²) in [6, 6.07) is -0.354. The number of aromatic nitrogens is 3. The van der Waals surface area contributed by atoms with Crippen molar-refractivity contribution in [2.24, 2.45) is 5.84 Å². The van der Waals surface area contributed by atoms with Crippen LogP contribution in [0.4, 0.5) is 0 Å². The predicted octanol–water partition coefficient (Wildman–Crippen LogP) is 0.734. The first-order valence-corrected chi connectivity index (χ1v) is 6.12. The molecule has 0 aliphatic carbocycles. The van der Waals surface area contributed by atoms with Crippen molar-refractivity contribution in [2.75, 3.05) is 0 Å². The van der Waals surface area contributed by atoms with Crippen molar-refractivity contribution in [3.63, 3.8) is 0 Å². The Balaban J connectivity index is 3.07. The molecule has 0 fully saturated rings. The number of amides is 1. The van der Waals surface area contributed by atoms with Crippen LogP contribution in [0.2, 0.25) is 0 Å². The number of hydrogen-bond acceptors (Lipinski definition) is 4. The molecule has 1 heterocycles. The first kappa shape index (κ1) is 13.6. The minimum Gasteiger partial charge on any atom is -0.292 e. The van der Waals surface area contributed by atoms with Crippen LogP contribution in [0.1, 0.15) is 51.3 Å². The summed E-state index contributed by atoms with van der Waals surface area (Å²) in [7, 11) is 0. The number of nitrogens with one attached hydrogen (secondary N) is 1. The number of nitrogens with zero attached hydrogens (tertiary/aromatic N) is 3. The van der Waals surface area contributed by atoms with Crippen LogP contribution in [0.15, 0.2) is 0 Å². The summed E-state index contributed by atoms with van der Waals surface area (Å²) in [5, 5.41) is 4.38. The maximum Gasteiger partial charge on any atom is 0.258 e. The average molecular weight is 239 g/mol. The summed E-state index contributed by atoms with van der Waals surface area (Å²) in [5.74, 6) is 6.60. The Bertz CT molecular complexity index is 374. The number of nitrogens with two attached hydrogens (primary N) is 1. The van der Waals surface area contributed by atoms with Gasteiger partial charge in [0.2, 0.25) is 0 Å². The molecule has 0 saturated heterocycles. The first-order chi connectivity index (χ1) is 8.17. The zero-order chi connectivity index (χ0) is 12.8. The fourth-order valence-electron chi connectivity index (χ4n) is 1.78. The molecule has 6 heteroatoms. The third-order valence-electron chi connectivity index (χ3n) is 2.68. The second kappa shape index (κ2) is 6.34. The fourth-order valence-corrected chi connectivity index (χ4v) is 1.78. The summed E-state index contributed by atoms with van der Waals surface area (Å²) < 4.78 is 1.71. The summed E-state index contributed by atoms with van der Waals surface area (Å²) in [6.45, 7) is 6.03. The van der Waals surface area contributed by atoms with Crippen LogP contribution < -0.4 is 11.3 Å². The molecule has 1 aromatic heterocycles. The molecule has 1 atom stereocenters. The van der Waals surface area contributed by atoms with Gasteiger partial charge in [-0.25, -0.2) is 15.5 Å². The lowest BCUT2D eigenvalue weighted by molar-refractivity contribution is -0.125. The molecule has 0 aromatic carbocycles. The third kappa shape index (κ3) is 3.03. The van der Waals surface area contributed by atoms with E-state index in [0.29, 0.717) is 6.42 Å². The van der Waals surface area contributed by atoms with E-state index < -0.39 is 0 Å². The van der Waals surface area contributed by atoms with Crippen LogP contribution in [0, 0.1) is 0 Å². The van der Waals surface area contributed by atoms with Crippen LogP contribution in [0.5, 0.6) is 0 Å². The van der Waals surface area contributed by atoms with Crippen LogP contribution in [-0.2, 0) is 17.6 Å². The van der Waals surface area contributed by atoms with Gasteiger partial charge >= 0.3 is 0 Å². The van der Waals surface area contributed by atoms with E-state index in [9.17, 15) is 4.79 Å². The molecule has 0 aliphatic rings. The highest BCUT2D eigenvalue weighted by Gasteiger charge is 2.23. The van der Waals surface area contributed by atoms with Crippen molar-refractivity contribution >= 4 is 5.91 Å². The summed E-state index contributed by atoms with van der Waals surface area (Å²) >= 11 is 0. The van der Waals surface area contributed by atoms with E-state index in [4.69, 9.17) is 5.84 Å². The number of aryl methyl sites for hydroxylation is 2. The van der Waals surface area contributed by atoms with Crippen LogP contribution in [-0.4, -0.2) is 20.7 Å². The quantitative estimate of drug-likeness (QED) is 0.435. The summed E-state index contributed by atoms with van der Waals surface area (Å²) in [5.41, 5.74) is 2.20. The molecule has 0 saturated carbocycles. The monoisotopic (exact) mass is 239 g/mol. The molecule has 6 nitrogen and oxygen atoms in total. The molecule has 1 rings (SSSR count). The maximum absolute atomic E-state index is 11.7. The van der Waals surface area contributed by atoms with Gasteiger partial charge in [0.15, 0.2) is 5.82 Å². The van der Waals surface area contributed by atoms with Gasteiger partial charge in [-0.1, -0.05) is 27.2 Å². The second-order valence-corrected chi connectivity index (χ2v) is 3.91. The van der Waals surface area contributed by atoms with E-state index in [1.54, 1.807) is 4.68 Å². The Kier molecular flexibility index (Phi) is 5.09. The van der Waals surface area contributed by atoms with Crippen molar-refractivity contribution in [3.8, 4) is 0 Å². The predicted molar refractivity (Wildman–Crippen MR) is 65.1 cm³/mol. The van der Waals surface area contributed by atoms with Crippen molar-refractivity contribution < 1.29 is 4.79 Å². The minimum atomic E-state index is -0.354. The van der Waals surface area contributed by atoms with Crippen molar-refractivity contribution in [1.82, 2.24) is 20.2 Å². The molecular formula is C11H21N5O. The standard InChI is InChI=1S/C11H21N5O/c1-4-7-8(11(17)14-12)16-10(6-3)13-9(5-2)15-16/h8H,4-7,12H2,1-3H3,(H,14,17). The van der Waals surface area contributed by atoms with Gasteiger partial charge in [-0.2, -0.15) is 5.10 Å². The SMILES string of the molecule is CCCC(C(=O)NN)n1nc(CC)nc1CC. The van der Waals surface area contributed by atoms with E-state index in [-0.39, 0.29) is 11.9 Å². The lowest BCUT2D eigenvalue weighted by atomic mass is 10.1. The number of carbonyl (C=O) groups is 1. The van der Waals surface area contributed by atoms with Gasteiger partial charge < -0.3 is 0 Å². The number of rotatable bonds is 6. The molecule has 1 amide bonds. The Hall–Kier alpha value is -1.43. The molecule has 3 N–H and O–H groups in total. The van der Waals surface area contributed by atoms with Crippen molar-refractivity contribution in [2.45, 2.75) is 52.5 Å². The zero-order valence-corrected chi connectivity index (χ0v) is 10.7. The highest BCUT2D eigenvalue weighted by molar-refractivity contribution is 5.79. The summed E-state index contributed by atoms with van der Waals surface area (Å²) in [4.78, 5) is 16.1. The smallest absolute Gasteiger partial charge is 0.258 e. The minimum absolute atomic E-state index is 0.214. The van der Waals surface area contributed by atoms with E-state index in [2.05, 4.69) is 15.5 Å². The van der Waals surface area contributed by atoms with E-state index in [0.717, 1.165) is 30.9 Å². The van der Waals surface area contributed by atoms with Gasteiger partial charge in [-0.05, 0) is 6.42 Å². The van der Waals surface area contributed by atoms with Gasteiger partial charge in [-0.3, -0.25) is 10.2 Å². The fraction of sp³-hybridized carbons (Fsp3) is 0.727. The average Bonchev–Trinajstić information content (AvgIpc) is 2.78. The van der Waals surface area contributed by atoms with Gasteiger partial charge in [0.05, 0.1) is 0 Å². The maximum atomic E-state index is 11.7. The Labute approximate surface area is 102 Å². The number of carbonyl (C=O) groups excluding carboxylic acids is 1. The molecule has 96 valence electrons. The normalized spacial score (nSPS) is 12.5. The van der Waals surface area contributed by atoms with Crippen LogP contribution in [0.3, 0.4) is 0 Å².